The number of amides is 1. The molecule has 0 radical (unpaired) electrons. The lowest BCUT2D eigenvalue weighted by atomic mass is 9.48. The Bertz CT molecular complexity index is 852. The first-order chi connectivity index (χ1) is 14.8. The zero-order chi connectivity index (χ0) is 21.8. The average molecular weight is 427 g/mol. The summed E-state index contributed by atoms with van der Waals surface area (Å²) in [6, 6.07) is -0.336. The third-order valence-electron chi connectivity index (χ3n) is 9.73. The zero-order valence-corrected chi connectivity index (χ0v) is 18.9. The van der Waals surface area contributed by atoms with E-state index in [4.69, 9.17) is 5.73 Å². The van der Waals surface area contributed by atoms with Gasteiger partial charge in [-0.3, -0.25) is 4.79 Å². The summed E-state index contributed by atoms with van der Waals surface area (Å²) < 4.78 is 0. The molecule has 0 bridgehead atoms. The first kappa shape index (κ1) is 21.2. The quantitative estimate of drug-likeness (QED) is 0.555. The molecule has 0 aromatic carbocycles. The summed E-state index contributed by atoms with van der Waals surface area (Å²) >= 11 is 0. The topological polar surface area (TPSA) is 104 Å². The van der Waals surface area contributed by atoms with E-state index in [2.05, 4.69) is 35.2 Å². The van der Waals surface area contributed by atoms with Crippen LogP contribution in [0.3, 0.4) is 0 Å². The third-order valence-corrected chi connectivity index (χ3v) is 9.73. The number of fused-ring (bicyclic) bond motifs is 5. The van der Waals surface area contributed by atoms with Crippen LogP contribution in [0.5, 0.6) is 0 Å². The van der Waals surface area contributed by atoms with Crippen molar-refractivity contribution < 1.29 is 9.90 Å². The predicted molar refractivity (Wildman–Crippen MR) is 120 cm³/mol. The van der Waals surface area contributed by atoms with Crippen LogP contribution in [0.4, 0.5) is 0 Å². The van der Waals surface area contributed by atoms with E-state index in [0.29, 0.717) is 18.3 Å². The molecule has 31 heavy (non-hydrogen) atoms. The van der Waals surface area contributed by atoms with Crippen LogP contribution >= 0.6 is 0 Å². The van der Waals surface area contributed by atoms with E-state index < -0.39 is 6.04 Å². The molecule has 3 saturated carbocycles. The maximum Gasteiger partial charge on any atom is 0.237 e. The van der Waals surface area contributed by atoms with E-state index in [-0.39, 0.29) is 28.9 Å². The zero-order valence-electron chi connectivity index (χ0n) is 18.9. The number of allylic oxidation sites excluding steroid dienone is 1. The number of hydrogen-bond acceptors (Lipinski definition) is 4. The first-order valence-corrected chi connectivity index (χ1v) is 12.2. The van der Waals surface area contributed by atoms with Crippen molar-refractivity contribution in [2.24, 2.45) is 34.3 Å². The normalized spacial score (nSPS) is 42.7. The molecule has 0 aliphatic heterocycles. The molecule has 6 heteroatoms. The molecule has 0 spiro atoms. The van der Waals surface area contributed by atoms with Crippen molar-refractivity contribution in [3.8, 4) is 0 Å². The van der Waals surface area contributed by atoms with Gasteiger partial charge in [-0.05, 0) is 80.0 Å². The van der Waals surface area contributed by atoms with Gasteiger partial charge >= 0.3 is 0 Å². The smallest absolute Gasteiger partial charge is 0.237 e. The fourth-order valence-electron chi connectivity index (χ4n) is 7.88. The summed E-state index contributed by atoms with van der Waals surface area (Å²) in [6.45, 7) is 4.88. The largest absolute Gasteiger partial charge is 0.393 e. The Hall–Kier alpha value is -1.66. The van der Waals surface area contributed by atoms with Crippen LogP contribution in [0.1, 0.15) is 70.9 Å². The second-order valence-electron chi connectivity index (χ2n) is 11.2. The summed E-state index contributed by atoms with van der Waals surface area (Å²) in [4.78, 5) is 19.9. The SMILES string of the molecule is C[C@]12CC[C@H](O)CC1=CCC1C2CC[C@@]2(C)C1CC[C@@H]2NC(=O)[C@@H](N)Cc1cnc[nH]1. The van der Waals surface area contributed by atoms with Crippen LogP contribution in [0.2, 0.25) is 0 Å². The Labute approximate surface area is 185 Å². The van der Waals surface area contributed by atoms with Gasteiger partial charge in [0.25, 0.3) is 0 Å². The summed E-state index contributed by atoms with van der Waals surface area (Å²) in [5, 5.41) is 13.5. The molecule has 170 valence electrons. The highest BCUT2D eigenvalue weighted by Crippen LogP contribution is 2.64. The Morgan fingerprint density at radius 3 is 2.90 bits per heavy atom. The van der Waals surface area contributed by atoms with Crippen molar-refractivity contribution in [1.29, 1.82) is 0 Å². The van der Waals surface area contributed by atoms with Crippen molar-refractivity contribution >= 4 is 5.91 Å². The van der Waals surface area contributed by atoms with E-state index >= 15 is 0 Å². The lowest BCUT2D eigenvalue weighted by Gasteiger charge is -2.58. The Balaban J connectivity index is 1.29. The van der Waals surface area contributed by atoms with Gasteiger partial charge in [-0.2, -0.15) is 0 Å². The third kappa shape index (κ3) is 3.46. The summed E-state index contributed by atoms with van der Waals surface area (Å²) in [5.41, 5.74) is 9.05. The van der Waals surface area contributed by atoms with Crippen LogP contribution < -0.4 is 11.1 Å². The van der Waals surface area contributed by atoms with Crippen LogP contribution in [-0.2, 0) is 11.2 Å². The van der Waals surface area contributed by atoms with Crippen LogP contribution in [-0.4, -0.2) is 39.2 Å². The molecule has 5 N–H and O–H groups in total. The number of H-pyrrole nitrogens is 1. The van der Waals surface area contributed by atoms with Crippen LogP contribution in [0.25, 0.3) is 0 Å². The number of rotatable bonds is 4. The van der Waals surface area contributed by atoms with Gasteiger partial charge in [0.2, 0.25) is 5.91 Å². The molecule has 1 amide bonds. The van der Waals surface area contributed by atoms with Gasteiger partial charge in [-0.1, -0.05) is 25.5 Å². The molecule has 3 unspecified atom stereocenters. The van der Waals surface area contributed by atoms with E-state index in [1.165, 1.54) is 24.8 Å². The maximum absolute atomic E-state index is 12.9. The van der Waals surface area contributed by atoms with Gasteiger partial charge in [-0.15, -0.1) is 0 Å². The highest BCUT2D eigenvalue weighted by atomic mass is 16.3. The molecule has 1 aromatic rings. The molecule has 4 aliphatic rings. The Kier molecular flexibility index (Phi) is 5.29. The Morgan fingerprint density at radius 1 is 1.29 bits per heavy atom. The second kappa shape index (κ2) is 7.73. The highest BCUT2D eigenvalue weighted by Gasteiger charge is 2.58. The minimum atomic E-state index is -0.549. The van der Waals surface area contributed by atoms with Crippen molar-refractivity contribution in [3.05, 3.63) is 29.9 Å². The van der Waals surface area contributed by atoms with Gasteiger partial charge in [0, 0.05) is 24.4 Å². The van der Waals surface area contributed by atoms with Gasteiger partial charge < -0.3 is 21.1 Å². The van der Waals surface area contributed by atoms with Crippen LogP contribution in [0.15, 0.2) is 24.2 Å². The molecule has 4 aliphatic carbocycles. The Morgan fingerprint density at radius 2 is 2.13 bits per heavy atom. The lowest BCUT2D eigenvalue weighted by Crippen LogP contribution is -2.55. The van der Waals surface area contributed by atoms with E-state index in [9.17, 15) is 9.90 Å². The first-order valence-electron chi connectivity index (χ1n) is 12.2. The van der Waals surface area contributed by atoms with Crippen molar-refractivity contribution in [2.75, 3.05) is 0 Å². The predicted octanol–water partition coefficient (Wildman–Crippen LogP) is 3.09. The summed E-state index contributed by atoms with van der Waals surface area (Å²) in [5.74, 6) is 2.03. The average Bonchev–Trinajstić information content (AvgIpc) is 3.36. The minimum absolute atomic E-state index is 0.0392. The summed E-state index contributed by atoms with van der Waals surface area (Å²) in [6.07, 6.45) is 14.9. The van der Waals surface area contributed by atoms with E-state index in [1.54, 1.807) is 12.5 Å². The van der Waals surface area contributed by atoms with Gasteiger partial charge in [0.1, 0.15) is 0 Å². The molecule has 3 fully saturated rings. The number of aliphatic hydroxyl groups excluding tert-OH is 1. The van der Waals surface area contributed by atoms with Crippen molar-refractivity contribution in [1.82, 2.24) is 15.3 Å². The number of carbonyl (C=O) groups is 1. The number of nitrogens with one attached hydrogen (secondary N) is 2. The fraction of sp³-hybridized carbons (Fsp3) is 0.760. The highest BCUT2D eigenvalue weighted by molar-refractivity contribution is 5.82. The molecule has 1 heterocycles. The van der Waals surface area contributed by atoms with Gasteiger partial charge in [-0.25, -0.2) is 4.98 Å². The van der Waals surface area contributed by atoms with Crippen LogP contribution in [0, 0.1) is 28.6 Å². The number of aromatic amines is 1. The lowest BCUT2D eigenvalue weighted by molar-refractivity contribution is -0.124. The molecule has 6 nitrogen and oxygen atoms in total. The molecule has 1 aromatic heterocycles. The number of imidazole rings is 1. The van der Waals surface area contributed by atoms with Crippen molar-refractivity contribution in [3.63, 3.8) is 0 Å². The van der Waals surface area contributed by atoms with Gasteiger partial charge in [0.05, 0.1) is 18.5 Å². The number of aromatic nitrogens is 2. The minimum Gasteiger partial charge on any atom is -0.393 e. The molecular formula is C25H38N4O2. The molecule has 8 atom stereocenters. The summed E-state index contributed by atoms with van der Waals surface area (Å²) in [7, 11) is 0. The number of carbonyl (C=O) groups excluding carboxylic acids is 1. The monoisotopic (exact) mass is 426 g/mol. The standard InChI is InChI=1S/C25H38N4O2/c1-24-9-7-17(30)11-15(24)3-4-18-19-5-6-22(25(19,2)10-8-20(18)24)29-23(31)21(26)12-16-13-27-14-28-16/h3,13-14,17-22,30H,4-12,26H2,1-2H3,(H,27,28)(H,29,31)/t17-,18?,19?,20?,21-,22-,24-,25-/m0/s1. The van der Waals surface area contributed by atoms with E-state index in [0.717, 1.165) is 43.7 Å². The maximum atomic E-state index is 12.9. The van der Waals surface area contributed by atoms with Gasteiger partial charge in [0.15, 0.2) is 0 Å². The number of nitrogens with zero attached hydrogens (tertiary/aromatic N) is 1. The molecule has 5 rings (SSSR count). The van der Waals surface area contributed by atoms with Crippen molar-refractivity contribution in [2.45, 2.75) is 89.8 Å². The number of nitrogens with two attached hydrogens (primary N) is 1. The molecular weight excluding hydrogens is 388 g/mol. The second-order valence-corrected chi connectivity index (χ2v) is 11.2. The van der Waals surface area contributed by atoms with E-state index in [1.807, 2.05) is 0 Å². The number of hydrogen-bond donors (Lipinski definition) is 4. The number of aliphatic hydroxyl groups is 1. The molecule has 0 saturated heterocycles. The fourth-order valence-corrected chi connectivity index (χ4v) is 7.88.